The van der Waals surface area contributed by atoms with Gasteiger partial charge < -0.3 is 10.1 Å². The molecular weight excluding hydrogens is 245 g/mol. The quantitative estimate of drug-likeness (QED) is 0.847. The summed E-state index contributed by atoms with van der Waals surface area (Å²) in [6.45, 7) is 6.32. The highest BCUT2D eigenvalue weighted by atomic mass is 35.5. The fraction of sp³-hybridized carbons (Fsp3) is 0.500. The third-order valence-electron chi connectivity index (χ3n) is 2.21. The molecule has 0 saturated heterocycles. The first-order valence-electron chi connectivity index (χ1n) is 5.38. The minimum atomic E-state index is 0.328. The van der Waals surface area contributed by atoms with Crippen molar-refractivity contribution in [3.05, 3.63) is 33.8 Å². The fourth-order valence-electron chi connectivity index (χ4n) is 1.30. The highest BCUT2D eigenvalue weighted by Gasteiger charge is 2.03. The Labute approximate surface area is 107 Å². The van der Waals surface area contributed by atoms with Crippen LogP contribution in [0.15, 0.2) is 18.2 Å². The first kappa shape index (κ1) is 13.8. The topological polar surface area (TPSA) is 21.3 Å². The second-order valence-corrected chi connectivity index (χ2v) is 4.50. The molecule has 0 radical (unpaired) electrons. The molecule has 0 aromatic heterocycles. The number of rotatable bonds is 6. The van der Waals surface area contributed by atoms with Gasteiger partial charge in [0.15, 0.2) is 0 Å². The molecule has 90 valence electrons. The number of nitrogens with one attached hydrogen (secondary N) is 1. The molecule has 0 aliphatic heterocycles. The molecule has 0 amide bonds. The Bertz CT molecular complexity index is 331. The second-order valence-electron chi connectivity index (χ2n) is 3.69. The average Bonchev–Trinajstić information content (AvgIpc) is 2.28. The lowest BCUT2D eigenvalue weighted by atomic mass is 10.2. The Morgan fingerprint density at radius 2 is 2.06 bits per heavy atom. The van der Waals surface area contributed by atoms with Gasteiger partial charge >= 0.3 is 0 Å². The largest absolute Gasteiger partial charge is 0.380 e. The molecule has 4 heteroatoms. The molecule has 2 nitrogen and oxygen atoms in total. The summed E-state index contributed by atoms with van der Waals surface area (Å²) in [5, 5.41) is 4.54. The molecule has 0 aliphatic rings. The van der Waals surface area contributed by atoms with E-state index in [-0.39, 0.29) is 0 Å². The number of halogens is 2. The highest BCUT2D eigenvalue weighted by molar-refractivity contribution is 6.42. The molecule has 1 rings (SSSR count). The second kappa shape index (κ2) is 7.13. The minimum Gasteiger partial charge on any atom is -0.380 e. The van der Waals surface area contributed by atoms with Gasteiger partial charge in [-0.15, -0.1) is 0 Å². The zero-order valence-electron chi connectivity index (χ0n) is 9.59. The molecule has 0 spiro atoms. The van der Waals surface area contributed by atoms with Crippen molar-refractivity contribution in [2.24, 2.45) is 0 Å². The fourth-order valence-corrected chi connectivity index (χ4v) is 1.62. The summed E-state index contributed by atoms with van der Waals surface area (Å²) in [5.41, 5.74) is 1.12. The maximum Gasteiger partial charge on any atom is 0.0616 e. The van der Waals surface area contributed by atoms with Crippen LogP contribution in [-0.2, 0) is 11.3 Å². The van der Waals surface area contributed by atoms with Gasteiger partial charge in [0.1, 0.15) is 0 Å². The van der Waals surface area contributed by atoms with Crippen molar-refractivity contribution in [3.63, 3.8) is 0 Å². The van der Waals surface area contributed by atoms with Crippen LogP contribution in [0.3, 0.4) is 0 Å². The Kier molecular flexibility index (Phi) is 6.14. The first-order valence-corrected chi connectivity index (χ1v) is 6.14. The van der Waals surface area contributed by atoms with E-state index in [1.165, 1.54) is 0 Å². The standard InChI is InChI=1S/C12H17Cl2NO/c1-3-16-8-9(2)15-7-10-4-5-11(13)12(14)6-10/h4-6,9,15H,3,7-8H2,1-2H3. The van der Waals surface area contributed by atoms with Crippen LogP contribution in [0.5, 0.6) is 0 Å². The molecule has 0 saturated carbocycles. The molecular formula is C12H17Cl2NO. The Morgan fingerprint density at radius 3 is 2.69 bits per heavy atom. The summed E-state index contributed by atoms with van der Waals surface area (Å²) >= 11 is 11.8. The molecule has 0 bridgehead atoms. The third-order valence-corrected chi connectivity index (χ3v) is 2.95. The summed E-state index contributed by atoms with van der Waals surface area (Å²) in [6, 6.07) is 5.99. The monoisotopic (exact) mass is 261 g/mol. The summed E-state index contributed by atoms with van der Waals surface area (Å²) < 4.78 is 5.32. The molecule has 0 heterocycles. The molecule has 1 aromatic carbocycles. The van der Waals surface area contributed by atoms with Crippen molar-refractivity contribution in [2.45, 2.75) is 26.4 Å². The smallest absolute Gasteiger partial charge is 0.0616 e. The van der Waals surface area contributed by atoms with Gasteiger partial charge in [-0.05, 0) is 31.5 Å². The average molecular weight is 262 g/mol. The lowest BCUT2D eigenvalue weighted by Crippen LogP contribution is -2.30. The van der Waals surface area contributed by atoms with Gasteiger partial charge in [0, 0.05) is 19.2 Å². The third kappa shape index (κ3) is 4.71. The van der Waals surface area contributed by atoms with Crippen LogP contribution in [0.25, 0.3) is 0 Å². The van der Waals surface area contributed by atoms with Crippen molar-refractivity contribution in [3.8, 4) is 0 Å². The normalized spacial score (nSPS) is 12.8. The summed E-state index contributed by atoms with van der Waals surface area (Å²) in [7, 11) is 0. The zero-order chi connectivity index (χ0) is 12.0. The summed E-state index contributed by atoms with van der Waals surface area (Å²) in [5.74, 6) is 0. The number of hydrogen-bond acceptors (Lipinski definition) is 2. The van der Waals surface area contributed by atoms with E-state index in [1.807, 2.05) is 25.1 Å². The molecule has 0 fully saturated rings. The van der Waals surface area contributed by atoms with Crippen LogP contribution in [-0.4, -0.2) is 19.3 Å². The maximum atomic E-state index is 5.93. The van der Waals surface area contributed by atoms with Gasteiger partial charge in [0.2, 0.25) is 0 Å². The lowest BCUT2D eigenvalue weighted by molar-refractivity contribution is 0.127. The number of ether oxygens (including phenoxy) is 1. The number of hydrogen-bond donors (Lipinski definition) is 1. The van der Waals surface area contributed by atoms with Gasteiger partial charge in [-0.3, -0.25) is 0 Å². The van der Waals surface area contributed by atoms with Crippen molar-refractivity contribution in [2.75, 3.05) is 13.2 Å². The predicted octanol–water partition coefficient (Wildman–Crippen LogP) is 3.51. The first-order chi connectivity index (χ1) is 7.63. The van der Waals surface area contributed by atoms with E-state index in [1.54, 1.807) is 0 Å². The Morgan fingerprint density at radius 1 is 1.31 bits per heavy atom. The van der Waals surface area contributed by atoms with E-state index in [4.69, 9.17) is 27.9 Å². The van der Waals surface area contributed by atoms with Gasteiger partial charge in [0.05, 0.1) is 16.7 Å². The van der Waals surface area contributed by atoms with Crippen LogP contribution in [0, 0.1) is 0 Å². The lowest BCUT2D eigenvalue weighted by Gasteiger charge is -2.13. The molecule has 1 aromatic rings. The van der Waals surface area contributed by atoms with Crippen molar-refractivity contribution >= 4 is 23.2 Å². The van der Waals surface area contributed by atoms with E-state index in [0.717, 1.165) is 25.3 Å². The maximum absolute atomic E-state index is 5.93. The summed E-state index contributed by atoms with van der Waals surface area (Å²) in [6.07, 6.45) is 0. The molecule has 1 atom stereocenters. The van der Waals surface area contributed by atoms with Crippen molar-refractivity contribution < 1.29 is 4.74 Å². The Hall–Kier alpha value is -0.280. The van der Waals surface area contributed by atoms with Crippen molar-refractivity contribution in [1.82, 2.24) is 5.32 Å². The van der Waals surface area contributed by atoms with Crippen LogP contribution >= 0.6 is 23.2 Å². The molecule has 16 heavy (non-hydrogen) atoms. The SMILES string of the molecule is CCOCC(C)NCc1ccc(Cl)c(Cl)c1. The zero-order valence-corrected chi connectivity index (χ0v) is 11.1. The van der Waals surface area contributed by atoms with Crippen LogP contribution in [0.2, 0.25) is 10.0 Å². The van der Waals surface area contributed by atoms with E-state index < -0.39 is 0 Å². The van der Waals surface area contributed by atoms with E-state index in [9.17, 15) is 0 Å². The van der Waals surface area contributed by atoms with Gasteiger partial charge in [-0.2, -0.15) is 0 Å². The molecule has 1 unspecified atom stereocenters. The van der Waals surface area contributed by atoms with Crippen LogP contribution in [0.4, 0.5) is 0 Å². The number of benzene rings is 1. The van der Waals surface area contributed by atoms with E-state index >= 15 is 0 Å². The highest BCUT2D eigenvalue weighted by Crippen LogP contribution is 2.22. The van der Waals surface area contributed by atoms with Crippen LogP contribution < -0.4 is 5.32 Å². The van der Waals surface area contributed by atoms with Crippen molar-refractivity contribution in [1.29, 1.82) is 0 Å². The van der Waals surface area contributed by atoms with Gasteiger partial charge in [-0.1, -0.05) is 29.3 Å². The Balaban J connectivity index is 2.39. The predicted molar refractivity (Wildman–Crippen MR) is 69.3 cm³/mol. The van der Waals surface area contributed by atoms with Crippen LogP contribution in [0.1, 0.15) is 19.4 Å². The van der Waals surface area contributed by atoms with Gasteiger partial charge in [0.25, 0.3) is 0 Å². The van der Waals surface area contributed by atoms with E-state index in [0.29, 0.717) is 16.1 Å². The molecule has 0 aliphatic carbocycles. The van der Waals surface area contributed by atoms with E-state index in [2.05, 4.69) is 12.2 Å². The molecule has 1 N–H and O–H groups in total. The van der Waals surface area contributed by atoms with Gasteiger partial charge in [-0.25, -0.2) is 0 Å². The minimum absolute atomic E-state index is 0.328. The summed E-state index contributed by atoms with van der Waals surface area (Å²) in [4.78, 5) is 0.